The molecule has 206 valence electrons. The fourth-order valence-electron chi connectivity index (χ4n) is 4.96. The molecule has 2 aliphatic carbocycles. The second-order valence-electron chi connectivity index (χ2n) is 12.0. The Kier molecular flexibility index (Phi) is 8.45. The molecule has 4 rings (SSSR count). The molecule has 4 amide bonds. The number of ketones is 1. The van der Waals surface area contributed by atoms with Crippen molar-refractivity contribution in [1.29, 1.82) is 0 Å². The van der Waals surface area contributed by atoms with Gasteiger partial charge >= 0.3 is 0 Å². The van der Waals surface area contributed by atoms with E-state index in [9.17, 15) is 24.0 Å². The summed E-state index contributed by atoms with van der Waals surface area (Å²) in [5, 5.41) is 11.6. The molecule has 2 saturated carbocycles. The largest absolute Gasteiger partial charge is 0.356 e. The van der Waals surface area contributed by atoms with Crippen molar-refractivity contribution in [2.45, 2.75) is 83.3 Å². The van der Waals surface area contributed by atoms with Crippen LogP contribution >= 0.6 is 11.6 Å². The first-order valence-electron chi connectivity index (χ1n) is 13.4. The molecule has 10 heteroatoms. The molecule has 1 aromatic rings. The molecular weight excluding hydrogens is 508 g/mol. The fourth-order valence-corrected chi connectivity index (χ4v) is 5.09. The minimum Gasteiger partial charge on any atom is -0.356 e. The number of benzene rings is 1. The van der Waals surface area contributed by atoms with E-state index in [1.165, 1.54) is 0 Å². The van der Waals surface area contributed by atoms with Crippen LogP contribution < -0.4 is 21.3 Å². The van der Waals surface area contributed by atoms with Crippen LogP contribution in [-0.2, 0) is 24.0 Å². The molecule has 1 saturated heterocycles. The number of nitrogens with one attached hydrogen (secondary N) is 4. The molecule has 1 heterocycles. The second kappa shape index (κ2) is 11.4. The number of carbonyl (C=O) groups is 5. The molecule has 9 nitrogen and oxygen atoms in total. The van der Waals surface area contributed by atoms with Crippen molar-refractivity contribution in [2.24, 2.45) is 17.3 Å². The van der Waals surface area contributed by atoms with Crippen molar-refractivity contribution >= 4 is 41.0 Å². The van der Waals surface area contributed by atoms with Crippen molar-refractivity contribution in [3.63, 3.8) is 0 Å². The predicted molar refractivity (Wildman–Crippen MR) is 142 cm³/mol. The van der Waals surface area contributed by atoms with E-state index in [2.05, 4.69) is 21.3 Å². The minimum atomic E-state index is -1.16. The predicted octanol–water partition coefficient (Wildman–Crippen LogP) is 2.22. The van der Waals surface area contributed by atoms with E-state index >= 15 is 0 Å². The maximum absolute atomic E-state index is 13.5. The molecular formula is C28H37ClN4O5. The molecule has 5 atom stereocenters. The monoisotopic (exact) mass is 544 g/mol. The molecule has 1 aliphatic heterocycles. The van der Waals surface area contributed by atoms with Gasteiger partial charge in [0, 0.05) is 29.4 Å². The molecule has 3 aliphatic rings. The SMILES string of the molecule is CC(C)(C)C[C@H](NC(=O)[C@H]1C[C@@H]1c1ccc(Cl)cc1)C(=O)NC(C[C@@H]1CCNC1=O)C(=O)C(=O)NC1CC1. The van der Waals surface area contributed by atoms with Crippen LogP contribution in [-0.4, -0.2) is 54.1 Å². The molecule has 0 radical (unpaired) electrons. The Morgan fingerprint density at radius 2 is 1.71 bits per heavy atom. The lowest BCUT2D eigenvalue weighted by Crippen LogP contribution is -2.55. The number of hydrogen-bond donors (Lipinski definition) is 4. The highest BCUT2D eigenvalue weighted by Crippen LogP contribution is 2.47. The third-order valence-electron chi connectivity index (χ3n) is 7.33. The highest BCUT2D eigenvalue weighted by molar-refractivity contribution is 6.38. The van der Waals surface area contributed by atoms with Crippen molar-refractivity contribution in [1.82, 2.24) is 21.3 Å². The number of amides is 4. The van der Waals surface area contributed by atoms with Crippen LogP contribution in [0.3, 0.4) is 0 Å². The number of carbonyl (C=O) groups excluding carboxylic acids is 5. The Balaban J connectivity index is 1.44. The van der Waals surface area contributed by atoms with Gasteiger partial charge in [0.15, 0.2) is 0 Å². The van der Waals surface area contributed by atoms with Gasteiger partial charge in [-0.25, -0.2) is 0 Å². The van der Waals surface area contributed by atoms with E-state index in [-0.39, 0.29) is 41.5 Å². The number of halogens is 1. The average Bonchev–Trinajstić information content (AvgIpc) is 3.77. The Labute approximate surface area is 228 Å². The topological polar surface area (TPSA) is 133 Å². The summed E-state index contributed by atoms with van der Waals surface area (Å²) in [5.74, 6) is -3.14. The zero-order valence-corrected chi connectivity index (χ0v) is 22.9. The summed E-state index contributed by atoms with van der Waals surface area (Å²) in [6, 6.07) is 5.33. The molecule has 38 heavy (non-hydrogen) atoms. The van der Waals surface area contributed by atoms with Gasteiger partial charge in [-0.2, -0.15) is 0 Å². The van der Waals surface area contributed by atoms with Crippen LogP contribution in [0, 0.1) is 17.3 Å². The summed E-state index contributed by atoms with van der Waals surface area (Å²) >= 11 is 5.98. The van der Waals surface area contributed by atoms with Gasteiger partial charge in [-0.1, -0.05) is 44.5 Å². The van der Waals surface area contributed by atoms with E-state index in [4.69, 9.17) is 11.6 Å². The summed E-state index contributed by atoms with van der Waals surface area (Å²) in [7, 11) is 0. The summed E-state index contributed by atoms with van der Waals surface area (Å²) in [4.78, 5) is 64.4. The molecule has 0 bridgehead atoms. The average molecular weight is 545 g/mol. The summed E-state index contributed by atoms with van der Waals surface area (Å²) in [6.45, 7) is 6.37. The molecule has 0 aromatic heterocycles. The maximum Gasteiger partial charge on any atom is 0.289 e. The molecule has 3 fully saturated rings. The van der Waals surface area contributed by atoms with Gasteiger partial charge in [0.05, 0.1) is 6.04 Å². The first kappa shape index (κ1) is 28.1. The Morgan fingerprint density at radius 1 is 1.03 bits per heavy atom. The standard InChI is InChI=1S/C28H37ClN4O5/c1-28(2,3)14-22(33-25(36)20-13-19(20)15-4-6-17(29)7-5-15)26(37)32-21(12-16-10-11-30-24(16)35)23(34)27(38)31-18-8-9-18/h4-7,16,18-22H,8-14H2,1-3H3,(H,30,35)(H,31,38)(H,32,37)(H,33,36)/t16-,19+,20-,21?,22-/m0/s1. The van der Waals surface area contributed by atoms with Gasteiger partial charge in [-0.3, -0.25) is 24.0 Å². The number of rotatable bonds is 11. The smallest absolute Gasteiger partial charge is 0.289 e. The van der Waals surface area contributed by atoms with Crippen molar-refractivity contribution in [2.75, 3.05) is 6.54 Å². The molecule has 0 spiro atoms. The zero-order chi connectivity index (χ0) is 27.6. The van der Waals surface area contributed by atoms with Crippen molar-refractivity contribution < 1.29 is 24.0 Å². The maximum atomic E-state index is 13.5. The lowest BCUT2D eigenvalue weighted by molar-refractivity contribution is -0.141. The Morgan fingerprint density at radius 3 is 2.29 bits per heavy atom. The van der Waals surface area contributed by atoms with Crippen LogP contribution in [0.1, 0.15) is 70.8 Å². The first-order valence-corrected chi connectivity index (χ1v) is 13.8. The first-order chi connectivity index (χ1) is 17.9. The van der Waals surface area contributed by atoms with Gasteiger partial charge in [0.25, 0.3) is 5.91 Å². The summed E-state index contributed by atoms with van der Waals surface area (Å²) in [6.07, 6.45) is 3.21. The number of Topliss-reactive ketones (excluding diaryl/α,β-unsaturated/α-hetero) is 1. The summed E-state index contributed by atoms with van der Waals surface area (Å²) in [5.41, 5.74) is 0.719. The molecule has 4 N–H and O–H groups in total. The van der Waals surface area contributed by atoms with Gasteiger partial charge < -0.3 is 21.3 Å². The number of hydrogen-bond acceptors (Lipinski definition) is 5. The van der Waals surface area contributed by atoms with E-state index in [1.54, 1.807) is 12.1 Å². The normalized spacial score (nSPS) is 24.1. The molecule has 1 unspecified atom stereocenters. The highest BCUT2D eigenvalue weighted by Gasteiger charge is 2.45. The zero-order valence-electron chi connectivity index (χ0n) is 22.1. The van der Waals surface area contributed by atoms with Gasteiger partial charge in [-0.15, -0.1) is 0 Å². The van der Waals surface area contributed by atoms with Crippen LogP contribution in [0.5, 0.6) is 0 Å². The lowest BCUT2D eigenvalue weighted by Gasteiger charge is -2.28. The van der Waals surface area contributed by atoms with Crippen LogP contribution in [0.4, 0.5) is 0 Å². The quantitative estimate of drug-likeness (QED) is 0.317. The van der Waals surface area contributed by atoms with Gasteiger partial charge in [-0.05, 0) is 67.6 Å². The van der Waals surface area contributed by atoms with Gasteiger partial charge in [0.2, 0.25) is 23.5 Å². The van der Waals surface area contributed by atoms with Crippen molar-refractivity contribution in [3.8, 4) is 0 Å². The second-order valence-corrected chi connectivity index (χ2v) is 12.4. The minimum absolute atomic E-state index is 0.0161. The third-order valence-corrected chi connectivity index (χ3v) is 7.58. The fraction of sp³-hybridized carbons (Fsp3) is 0.607. The van der Waals surface area contributed by atoms with E-state index in [0.717, 1.165) is 18.4 Å². The lowest BCUT2D eigenvalue weighted by atomic mass is 9.87. The highest BCUT2D eigenvalue weighted by atomic mass is 35.5. The molecule has 1 aromatic carbocycles. The van der Waals surface area contributed by atoms with Crippen molar-refractivity contribution in [3.05, 3.63) is 34.9 Å². The van der Waals surface area contributed by atoms with E-state index < -0.39 is 35.6 Å². The van der Waals surface area contributed by atoms with Crippen LogP contribution in [0.25, 0.3) is 0 Å². The summed E-state index contributed by atoms with van der Waals surface area (Å²) < 4.78 is 0. The Hall–Kier alpha value is -2.94. The Bertz CT molecular complexity index is 1100. The third kappa shape index (κ3) is 7.56. The van der Waals surface area contributed by atoms with E-state index in [1.807, 2.05) is 32.9 Å². The van der Waals surface area contributed by atoms with Crippen LogP contribution in [0.2, 0.25) is 5.02 Å². The van der Waals surface area contributed by atoms with Gasteiger partial charge in [0.1, 0.15) is 6.04 Å². The van der Waals surface area contributed by atoms with E-state index in [0.29, 0.717) is 30.8 Å². The van der Waals surface area contributed by atoms with Crippen LogP contribution in [0.15, 0.2) is 24.3 Å².